The highest BCUT2D eigenvalue weighted by atomic mass is 35.5. The minimum Gasteiger partial charge on any atom is -0.118 e. The van der Waals surface area contributed by atoms with Crippen LogP contribution in [0.2, 0.25) is 5.02 Å². The zero-order chi connectivity index (χ0) is 7.56. The Hall–Kier alpha value is -0.200. The van der Waals surface area contributed by atoms with E-state index in [1.54, 1.807) is 0 Å². The predicted molar refractivity (Wildman–Crippen MR) is 45.7 cm³/mol. The largest absolute Gasteiger partial charge is 0.118 e. The van der Waals surface area contributed by atoms with Crippen LogP contribution in [0.15, 0.2) is 24.3 Å². The van der Waals surface area contributed by atoms with Gasteiger partial charge in [-0.3, -0.25) is 0 Å². The van der Waals surface area contributed by atoms with Crippen molar-refractivity contribution in [1.82, 2.24) is 0 Å². The van der Waals surface area contributed by atoms with Gasteiger partial charge in [0.25, 0.3) is 0 Å². The minimum absolute atomic E-state index is 0.0669. The van der Waals surface area contributed by atoms with Gasteiger partial charge >= 0.3 is 0 Å². The fourth-order valence-corrected chi connectivity index (χ4v) is 0.999. The van der Waals surface area contributed by atoms with E-state index in [9.17, 15) is 0 Å². The van der Waals surface area contributed by atoms with Crippen molar-refractivity contribution in [2.45, 2.75) is 12.3 Å². The van der Waals surface area contributed by atoms with Gasteiger partial charge in [-0.25, -0.2) is 0 Å². The Kier molecular flexibility index (Phi) is 2.58. The zero-order valence-electron chi connectivity index (χ0n) is 5.64. The van der Waals surface area contributed by atoms with E-state index in [4.69, 9.17) is 23.2 Å². The van der Waals surface area contributed by atoms with Gasteiger partial charge in [-0.15, -0.1) is 11.6 Å². The lowest BCUT2D eigenvalue weighted by atomic mass is 10.2. The van der Waals surface area contributed by atoms with Crippen LogP contribution in [-0.2, 0) is 0 Å². The molecule has 54 valence electrons. The summed E-state index contributed by atoms with van der Waals surface area (Å²) in [6, 6.07) is 7.55. The van der Waals surface area contributed by atoms with E-state index in [1.165, 1.54) is 0 Å². The second-order valence-corrected chi connectivity index (χ2v) is 3.26. The number of benzene rings is 1. The molecule has 0 nitrogen and oxygen atoms in total. The lowest BCUT2D eigenvalue weighted by Crippen LogP contribution is -1.81. The Morgan fingerprint density at radius 2 is 1.70 bits per heavy atom. The summed E-state index contributed by atoms with van der Waals surface area (Å²) in [4.78, 5) is 0. The fraction of sp³-hybridized carbons (Fsp3) is 0.250. The number of halogens is 2. The van der Waals surface area contributed by atoms with E-state index in [0.717, 1.165) is 10.6 Å². The summed E-state index contributed by atoms with van der Waals surface area (Å²) in [5.74, 6) is 0. The summed E-state index contributed by atoms with van der Waals surface area (Å²) in [6.07, 6.45) is 0. The number of hydrogen-bond acceptors (Lipinski definition) is 0. The standard InChI is InChI=1S/C8H8Cl2/c1-6(9)7-2-4-8(10)5-3-7/h2-6H,1H3/t6-/m1/s1. The first-order valence-corrected chi connectivity index (χ1v) is 3.91. The van der Waals surface area contributed by atoms with Gasteiger partial charge in [-0.2, -0.15) is 0 Å². The molecule has 0 N–H and O–H groups in total. The number of alkyl halides is 1. The van der Waals surface area contributed by atoms with E-state index >= 15 is 0 Å². The van der Waals surface area contributed by atoms with Gasteiger partial charge in [0.1, 0.15) is 0 Å². The van der Waals surface area contributed by atoms with Crippen LogP contribution in [0.3, 0.4) is 0 Å². The molecule has 0 spiro atoms. The molecule has 0 aliphatic heterocycles. The molecule has 0 aliphatic rings. The fourth-order valence-electron chi connectivity index (χ4n) is 0.728. The summed E-state index contributed by atoms with van der Waals surface area (Å²) in [6.45, 7) is 1.94. The molecule has 0 saturated carbocycles. The van der Waals surface area contributed by atoms with Gasteiger partial charge in [0.15, 0.2) is 0 Å². The van der Waals surface area contributed by atoms with E-state index in [1.807, 2.05) is 31.2 Å². The first kappa shape index (κ1) is 7.90. The predicted octanol–water partition coefficient (Wildman–Crippen LogP) is 3.64. The molecule has 0 fully saturated rings. The van der Waals surface area contributed by atoms with Crippen LogP contribution in [0.25, 0.3) is 0 Å². The highest BCUT2D eigenvalue weighted by Gasteiger charge is 1.98. The van der Waals surface area contributed by atoms with E-state index in [0.29, 0.717) is 0 Å². The molecule has 2 heteroatoms. The van der Waals surface area contributed by atoms with Crippen LogP contribution in [-0.4, -0.2) is 0 Å². The minimum atomic E-state index is 0.0669. The summed E-state index contributed by atoms with van der Waals surface area (Å²) < 4.78 is 0. The summed E-state index contributed by atoms with van der Waals surface area (Å²) in [5, 5.41) is 0.818. The van der Waals surface area contributed by atoms with Crippen molar-refractivity contribution in [3.8, 4) is 0 Å². The van der Waals surface area contributed by atoms with Crippen molar-refractivity contribution in [1.29, 1.82) is 0 Å². The van der Waals surface area contributed by atoms with Crippen LogP contribution in [0, 0.1) is 0 Å². The smallest absolute Gasteiger partial charge is 0.0557 e. The average Bonchev–Trinajstić information content (AvgIpc) is 1.88. The molecule has 0 bridgehead atoms. The van der Waals surface area contributed by atoms with Crippen LogP contribution in [0.1, 0.15) is 17.9 Å². The van der Waals surface area contributed by atoms with Gasteiger partial charge in [-0.05, 0) is 24.6 Å². The van der Waals surface area contributed by atoms with Crippen molar-refractivity contribution in [3.63, 3.8) is 0 Å². The second-order valence-electron chi connectivity index (χ2n) is 2.17. The third-order valence-electron chi connectivity index (χ3n) is 1.33. The highest BCUT2D eigenvalue weighted by Crippen LogP contribution is 2.20. The molecule has 10 heavy (non-hydrogen) atoms. The van der Waals surface area contributed by atoms with Crippen LogP contribution >= 0.6 is 23.2 Å². The lowest BCUT2D eigenvalue weighted by molar-refractivity contribution is 1.08. The topological polar surface area (TPSA) is 0 Å². The number of hydrogen-bond donors (Lipinski definition) is 0. The van der Waals surface area contributed by atoms with Crippen LogP contribution in [0.4, 0.5) is 0 Å². The molecule has 1 atom stereocenters. The van der Waals surface area contributed by atoms with Crippen LogP contribution < -0.4 is 0 Å². The van der Waals surface area contributed by atoms with E-state index in [-0.39, 0.29) is 5.38 Å². The molecule has 1 rings (SSSR count). The molecule has 0 radical (unpaired) electrons. The normalized spacial score (nSPS) is 13.1. The molecule has 1 aromatic carbocycles. The van der Waals surface area contributed by atoms with Crippen molar-refractivity contribution in [3.05, 3.63) is 34.9 Å². The van der Waals surface area contributed by atoms with Crippen molar-refractivity contribution in [2.75, 3.05) is 0 Å². The maximum Gasteiger partial charge on any atom is 0.0557 e. The summed E-state index contributed by atoms with van der Waals surface area (Å²) in [5.41, 5.74) is 1.10. The Labute approximate surface area is 70.8 Å². The Balaban J connectivity index is 2.89. The van der Waals surface area contributed by atoms with Gasteiger partial charge in [0.2, 0.25) is 0 Å². The molecule has 1 aromatic rings. The molecule has 0 saturated heterocycles. The van der Waals surface area contributed by atoms with Gasteiger partial charge in [0.05, 0.1) is 5.38 Å². The quantitative estimate of drug-likeness (QED) is 0.571. The molecule has 0 unspecified atom stereocenters. The second kappa shape index (κ2) is 3.27. The molecule has 0 heterocycles. The molecule has 0 aromatic heterocycles. The Morgan fingerprint density at radius 3 is 2.10 bits per heavy atom. The van der Waals surface area contributed by atoms with E-state index < -0.39 is 0 Å². The molecular weight excluding hydrogens is 167 g/mol. The molecular formula is C8H8Cl2. The SMILES string of the molecule is C[C@@H](Cl)c1ccc(Cl)cc1. The first-order chi connectivity index (χ1) is 4.70. The average molecular weight is 175 g/mol. The third kappa shape index (κ3) is 1.89. The maximum absolute atomic E-state index is 5.81. The third-order valence-corrected chi connectivity index (χ3v) is 1.83. The van der Waals surface area contributed by atoms with Crippen LogP contribution in [0.5, 0.6) is 0 Å². The maximum atomic E-state index is 5.81. The summed E-state index contributed by atoms with van der Waals surface area (Å²) in [7, 11) is 0. The Bertz CT molecular complexity index is 201. The molecule has 0 amide bonds. The monoisotopic (exact) mass is 174 g/mol. The van der Waals surface area contributed by atoms with Crippen molar-refractivity contribution >= 4 is 23.2 Å². The molecule has 0 aliphatic carbocycles. The Morgan fingerprint density at radius 1 is 1.20 bits per heavy atom. The number of rotatable bonds is 1. The van der Waals surface area contributed by atoms with Crippen molar-refractivity contribution < 1.29 is 0 Å². The van der Waals surface area contributed by atoms with Gasteiger partial charge in [0, 0.05) is 5.02 Å². The highest BCUT2D eigenvalue weighted by molar-refractivity contribution is 6.30. The van der Waals surface area contributed by atoms with Gasteiger partial charge in [-0.1, -0.05) is 23.7 Å². The first-order valence-electron chi connectivity index (χ1n) is 3.09. The van der Waals surface area contributed by atoms with Crippen molar-refractivity contribution in [2.24, 2.45) is 0 Å². The summed E-state index contributed by atoms with van der Waals surface area (Å²) >= 11 is 11.5. The van der Waals surface area contributed by atoms with E-state index in [2.05, 4.69) is 0 Å². The zero-order valence-corrected chi connectivity index (χ0v) is 7.15. The lowest BCUT2D eigenvalue weighted by Gasteiger charge is -2.00. The van der Waals surface area contributed by atoms with Gasteiger partial charge < -0.3 is 0 Å².